The van der Waals surface area contributed by atoms with Crippen LogP contribution in [0.1, 0.15) is 36.9 Å². The number of halogens is 1. The minimum absolute atomic E-state index is 0.464. The van der Waals surface area contributed by atoms with Crippen LogP contribution in [0.25, 0.3) is 0 Å². The molecule has 2 rings (SSSR count). The third-order valence-electron chi connectivity index (χ3n) is 3.70. The van der Waals surface area contributed by atoms with Crippen molar-refractivity contribution in [2.24, 2.45) is 5.92 Å². The molecule has 0 radical (unpaired) electrons. The van der Waals surface area contributed by atoms with Gasteiger partial charge in [-0.15, -0.1) is 0 Å². The number of aryl methyl sites for hydroxylation is 1. The highest BCUT2D eigenvalue weighted by Crippen LogP contribution is 2.31. The first kappa shape index (κ1) is 14.0. The van der Waals surface area contributed by atoms with Gasteiger partial charge in [0.2, 0.25) is 0 Å². The van der Waals surface area contributed by atoms with E-state index in [9.17, 15) is 0 Å². The van der Waals surface area contributed by atoms with Gasteiger partial charge in [-0.25, -0.2) is 0 Å². The second-order valence-corrected chi connectivity index (χ2v) is 5.85. The SMILES string of the molecule is CCNC(c1ccc(Br)c(C)c1)C1CCOCC1. The second kappa shape index (κ2) is 6.69. The number of hydrogen-bond donors (Lipinski definition) is 1. The smallest absolute Gasteiger partial charge is 0.0469 e. The highest BCUT2D eigenvalue weighted by molar-refractivity contribution is 9.10. The van der Waals surface area contributed by atoms with Crippen molar-refractivity contribution in [2.75, 3.05) is 19.8 Å². The zero-order valence-electron chi connectivity index (χ0n) is 11.2. The molecule has 2 nitrogen and oxygen atoms in total. The van der Waals surface area contributed by atoms with Crippen LogP contribution in [0.2, 0.25) is 0 Å². The van der Waals surface area contributed by atoms with Crippen molar-refractivity contribution in [2.45, 2.75) is 32.7 Å². The van der Waals surface area contributed by atoms with E-state index in [4.69, 9.17) is 4.74 Å². The number of rotatable bonds is 4. The van der Waals surface area contributed by atoms with Gasteiger partial charge < -0.3 is 10.1 Å². The van der Waals surface area contributed by atoms with Crippen molar-refractivity contribution in [1.29, 1.82) is 0 Å². The van der Waals surface area contributed by atoms with Crippen LogP contribution < -0.4 is 5.32 Å². The summed E-state index contributed by atoms with van der Waals surface area (Å²) in [6.07, 6.45) is 2.32. The molecule has 0 saturated carbocycles. The monoisotopic (exact) mass is 311 g/mol. The van der Waals surface area contributed by atoms with Crippen LogP contribution in [0.4, 0.5) is 0 Å². The van der Waals surface area contributed by atoms with Crippen molar-refractivity contribution >= 4 is 15.9 Å². The highest BCUT2D eigenvalue weighted by Gasteiger charge is 2.24. The molecule has 0 amide bonds. The van der Waals surface area contributed by atoms with Gasteiger partial charge in [-0.1, -0.05) is 35.0 Å². The number of ether oxygens (including phenoxy) is 1. The fraction of sp³-hybridized carbons (Fsp3) is 0.600. The Morgan fingerprint density at radius 1 is 1.39 bits per heavy atom. The zero-order chi connectivity index (χ0) is 13.0. The van der Waals surface area contributed by atoms with Crippen LogP contribution in [-0.4, -0.2) is 19.8 Å². The summed E-state index contributed by atoms with van der Waals surface area (Å²) in [5, 5.41) is 3.64. The van der Waals surface area contributed by atoms with Gasteiger partial charge >= 0.3 is 0 Å². The Balaban J connectivity index is 2.19. The Morgan fingerprint density at radius 3 is 2.72 bits per heavy atom. The predicted octanol–water partition coefficient (Wildman–Crippen LogP) is 3.83. The number of hydrogen-bond acceptors (Lipinski definition) is 2. The van der Waals surface area contributed by atoms with Crippen molar-refractivity contribution in [3.63, 3.8) is 0 Å². The molecule has 1 aliphatic rings. The molecule has 1 aromatic carbocycles. The molecule has 1 aliphatic heterocycles. The third-order valence-corrected chi connectivity index (χ3v) is 4.59. The Kier molecular flexibility index (Phi) is 5.22. The quantitative estimate of drug-likeness (QED) is 0.912. The highest BCUT2D eigenvalue weighted by atomic mass is 79.9. The average Bonchev–Trinajstić information content (AvgIpc) is 2.40. The first-order chi connectivity index (χ1) is 8.72. The van der Waals surface area contributed by atoms with Crippen LogP contribution in [-0.2, 0) is 4.74 Å². The molecule has 0 aliphatic carbocycles. The molecule has 100 valence electrons. The van der Waals surface area contributed by atoms with Crippen molar-refractivity contribution in [3.05, 3.63) is 33.8 Å². The maximum atomic E-state index is 5.47. The second-order valence-electron chi connectivity index (χ2n) is 4.99. The van der Waals surface area contributed by atoms with Gasteiger partial charge in [0.05, 0.1) is 0 Å². The third kappa shape index (κ3) is 3.34. The van der Waals surface area contributed by atoms with Gasteiger partial charge in [0.15, 0.2) is 0 Å². The van der Waals surface area contributed by atoms with Crippen molar-refractivity contribution in [3.8, 4) is 0 Å². The van der Waals surface area contributed by atoms with Gasteiger partial charge in [-0.3, -0.25) is 0 Å². The minimum atomic E-state index is 0.464. The summed E-state index contributed by atoms with van der Waals surface area (Å²) in [6.45, 7) is 7.15. The van der Waals surface area contributed by atoms with E-state index in [2.05, 4.69) is 53.3 Å². The molecule has 0 aromatic heterocycles. The van der Waals surface area contributed by atoms with Crippen molar-refractivity contribution in [1.82, 2.24) is 5.32 Å². The van der Waals surface area contributed by atoms with E-state index in [0.717, 1.165) is 32.6 Å². The average molecular weight is 312 g/mol. The Labute approximate surface area is 118 Å². The van der Waals surface area contributed by atoms with Gasteiger partial charge in [0.25, 0.3) is 0 Å². The van der Waals surface area contributed by atoms with Gasteiger partial charge in [-0.05, 0) is 49.4 Å². The van der Waals surface area contributed by atoms with E-state index in [-0.39, 0.29) is 0 Å². The zero-order valence-corrected chi connectivity index (χ0v) is 12.8. The molecule has 0 bridgehead atoms. The summed E-state index contributed by atoms with van der Waals surface area (Å²) >= 11 is 3.57. The van der Waals surface area contributed by atoms with Crippen LogP contribution in [0, 0.1) is 12.8 Å². The first-order valence-electron chi connectivity index (χ1n) is 6.79. The lowest BCUT2D eigenvalue weighted by Gasteiger charge is -2.31. The molecule has 1 fully saturated rings. The predicted molar refractivity (Wildman–Crippen MR) is 78.8 cm³/mol. The number of benzene rings is 1. The molecule has 1 N–H and O–H groups in total. The van der Waals surface area contributed by atoms with Crippen LogP contribution in [0.5, 0.6) is 0 Å². The molecular formula is C15H22BrNO. The fourth-order valence-corrected chi connectivity index (χ4v) is 2.93. The van der Waals surface area contributed by atoms with E-state index in [1.54, 1.807) is 0 Å². The summed E-state index contributed by atoms with van der Waals surface area (Å²) in [6, 6.07) is 7.16. The van der Waals surface area contributed by atoms with Crippen LogP contribution in [0.15, 0.2) is 22.7 Å². The summed E-state index contributed by atoms with van der Waals surface area (Å²) in [5.41, 5.74) is 2.71. The lowest BCUT2D eigenvalue weighted by molar-refractivity contribution is 0.0538. The normalized spacial score (nSPS) is 18.8. The van der Waals surface area contributed by atoms with Crippen LogP contribution >= 0.6 is 15.9 Å². The summed E-state index contributed by atoms with van der Waals surface area (Å²) in [7, 11) is 0. The summed E-state index contributed by atoms with van der Waals surface area (Å²) in [5.74, 6) is 0.694. The lowest BCUT2D eigenvalue weighted by Crippen LogP contribution is -2.32. The largest absolute Gasteiger partial charge is 0.381 e. The molecule has 1 aromatic rings. The molecule has 1 heterocycles. The Bertz CT molecular complexity index is 388. The maximum absolute atomic E-state index is 5.47. The Morgan fingerprint density at radius 2 is 2.11 bits per heavy atom. The fourth-order valence-electron chi connectivity index (χ4n) is 2.69. The Hall–Kier alpha value is -0.380. The molecule has 1 unspecified atom stereocenters. The van der Waals surface area contributed by atoms with Gasteiger partial charge in [-0.2, -0.15) is 0 Å². The molecular weight excluding hydrogens is 290 g/mol. The van der Waals surface area contributed by atoms with E-state index in [1.165, 1.54) is 15.6 Å². The van der Waals surface area contributed by atoms with E-state index >= 15 is 0 Å². The van der Waals surface area contributed by atoms with Gasteiger partial charge in [0, 0.05) is 23.7 Å². The first-order valence-corrected chi connectivity index (χ1v) is 7.59. The maximum Gasteiger partial charge on any atom is 0.0469 e. The minimum Gasteiger partial charge on any atom is -0.381 e. The number of nitrogens with one attached hydrogen (secondary N) is 1. The summed E-state index contributed by atoms with van der Waals surface area (Å²) < 4.78 is 6.66. The van der Waals surface area contributed by atoms with E-state index in [1.807, 2.05) is 0 Å². The van der Waals surface area contributed by atoms with Crippen molar-refractivity contribution < 1.29 is 4.74 Å². The summed E-state index contributed by atoms with van der Waals surface area (Å²) in [4.78, 5) is 0. The standard InChI is InChI=1S/C15H22BrNO/c1-3-17-15(12-6-8-18-9-7-12)13-4-5-14(16)11(2)10-13/h4-5,10,12,15,17H,3,6-9H2,1-2H3. The van der Waals surface area contributed by atoms with E-state index < -0.39 is 0 Å². The molecule has 0 spiro atoms. The molecule has 1 atom stereocenters. The molecule has 3 heteroatoms. The molecule has 18 heavy (non-hydrogen) atoms. The molecule has 1 saturated heterocycles. The van der Waals surface area contributed by atoms with Gasteiger partial charge in [0.1, 0.15) is 0 Å². The van der Waals surface area contributed by atoms with E-state index in [0.29, 0.717) is 12.0 Å². The van der Waals surface area contributed by atoms with Crippen LogP contribution in [0.3, 0.4) is 0 Å². The topological polar surface area (TPSA) is 21.3 Å². The lowest BCUT2D eigenvalue weighted by atomic mass is 9.86.